The first-order valence-corrected chi connectivity index (χ1v) is 6.07. The maximum atomic E-state index is 11.5. The van der Waals surface area contributed by atoms with Crippen LogP contribution in [0.15, 0.2) is 59.8 Å². The van der Waals surface area contributed by atoms with E-state index in [9.17, 15) is 4.79 Å². The number of hydrogen-bond acceptors (Lipinski definition) is 3. The lowest BCUT2D eigenvalue weighted by atomic mass is 10.1. The molecule has 0 saturated heterocycles. The van der Waals surface area contributed by atoms with Crippen LogP contribution in [0, 0.1) is 0 Å². The summed E-state index contributed by atoms with van der Waals surface area (Å²) in [5.74, 6) is -0.355. The zero-order valence-corrected chi connectivity index (χ0v) is 9.93. The summed E-state index contributed by atoms with van der Waals surface area (Å²) in [5.41, 5.74) is 6.33. The molecule has 0 bridgehead atoms. The summed E-state index contributed by atoms with van der Waals surface area (Å²) < 4.78 is 0. The van der Waals surface area contributed by atoms with Gasteiger partial charge in [0.05, 0.1) is 5.03 Å². The lowest BCUT2D eigenvalue weighted by molar-refractivity contribution is -0.117. The minimum absolute atomic E-state index is 0.355. The minimum Gasteiger partial charge on any atom is -0.368 e. The second-order valence-electron chi connectivity index (χ2n) is 3.48. The van der Waals surface area contributed by atoms with Gasteiger partial charge in [0.2, 0.25) is 5.91 Å². The first-order valence-electron chi connectivity index (χ1n) is 5.19. The molecule has 1 atom stereocenters. The van der Waals surface area contributed by atoms with Crippen molar-refractivity contribution < 1.29 is 4.79 Å². The molecule has 4 heteroatoms. The average Bonchev–Trinajstić information content (AvgIpc) is 2.38. The van der Waals surface area contributed by atoms with Crippen LogP contribution in [0.25, 0.3) is 0 Å². The van der Waals surface area contributed by atoms with Gasteiger partial charge in [-0.1, -0.05) is 48.2 Å². The number of carbonyl (C=O) groups excluding carboxylic acids is 1. The molecule has 17 heavy (non-hydrogen) atoms. The van der Waals surface area contributed by atoms with Crippen LogP contribution in [0.3, 0.4) is 0 Å². The smallest absolute Gasteiger partial charge is 0.235 e. The van der Waals surface area contributed by atoms with Gasteiger partial charge in [-0.05, 0) is 17.7 Å². The van der Waals surface area contributed by atoms with Crippen LogP contribution < -0.4 is 5.73 Å². The van der Waals surface area contributed by atoms with Crippen LogP contribution in [0.5, 0.6) is 0 Å². The second-order valence-corrected chi connectivity index (χ2v) is 4.60. The Morgan fingerprint density at radius 3 is 2.41 bits per heavy atom. The van der Waals surface area contributed by atoms with E-state index >= 15 is 0 Å². The molecule has 0 fully saturated rings. The van der Waals surface area contributed by atoms with Crippen molar-refractivity contribution in [3.8, 4) is 0 Å². The number of primary amides is 1. The lowest BCUT2D eigenvalue weighted by Gasteiger charge is -2.12. The molecule has 3 nitrogen and oxygen atoms in total. The number of pyridine rings is 1. The van der Waals surface area contributed by atoms with Gasteiger partial charge < -0.3 is 5.73 Å². The number of benzene rings is 1. The number of amides is 1. The van der Waals surface area contributed by atoms with Gasteiger partial charge in [0.1, 0.15) is 5.25 Å². The van der Waals surface area contributed by atoms with Gasteiger partial charge in [-0.3, -0.25) is 4.79 Å². The highest BCUT2D eigenvalue weighted by Gasteiger charge is 2.19. The van der Waals surface area contributed by atoms with Crippen molar-refractivity contribution in [2.45, 2.75) is 10.3 Å². The maximum absolute atomic E-state index is 11.5. The molecular formula is C13H12N2OS. The molecule has 0 aliphatic carbocycles. The quantitative estimate of drug-likeness (QED) is 0.840. The number of nitrogens with zero attached hydrogens (tertiary/aromatic N) is 1. The molecule has 1 aromatic heterocycles. The van der Waals surface area contributed by atoms with Crippen molar-refractivity contribution in [2.75, 3.05) is 0 Å². The molecule has 0 aliphatic rings. The lowest BCUT2D eigenvalue weighted by Crippen LogP contribution is -2.18. The predicted molar refractivity (Wildman–Crippen MR) is 68.5 cm³/mol. The molecule has 0 unspecified atom stereocenters. The fourth-order valence-electron chi connectivity index (χ4n) is 1.46. The molecule has 0 radical (unpaired) electrons. The number of rotatable bonds is 4. The zero-order chi connectivity index (χ0) is 12.1. The summed E-state index contributed by atoms with van der Waals surface area (Å²) in [4.78, 5) is 15.7. The summed E-state index contributed by atoms with van der Waals surface area (Å²) in [7, 11) is 0. The van der Waals surface area contributed by atoms with Crippen molar-refractivity contribution in [1.29, 1.82) is 0 Å². The normalized spacial score (nSPS) is 12.0. The number of aromatic nitrogens is 1. The Kier molecular flexibility index (Phi) is 3.77. The molecule has 0 saturated carbocycles. The Morgan fingerprint density at radius 1 is 1.12 bits per heavy atom. The van der Waals surface area contributed by atoms with Crippen molar-refractivity contribution in [3.63, 3.8) is 0 Å². The highest BCUT2D eigenvalue weighted by Crippen LogP contribution is 2.33. The monoisotopic (exact) mass is 244 g/mol. The van der Waals surface area contributed by atoms with E-state index in [1.165, 1.54) is 11.8 Å². The van der Waals surface area contributed by atoms with Crippen LogP contribution in [0.2, 0.25) is 0 Å². The second kappa shape index (κ2) is 5.50. The summed E-state index contributed by atoms with van der Waals surface area (Å²) in [6, 6.07) is 15.1. The summed E-state index contributed by atoms with van der Waals surface area (Å²) in [6.45, 7) is 0. The molecule has 2 N–H and O–H groups in total. The first-order chi connectivity index (χ1) is 8.27. The molecule has 0 spiro atoms. The van der Waals surface area contributed by atoms with Crippen molar-refractivity contribution >= 4 is 17.7 Å². The van der Waals surface area contributed by atoms with E-state index in [0.717, 1.165) is 10.6 Å². The van der Waals surface area contributed by atoms with Gasteiger partial charge in [0.15, 0.2) is 0 Å². The standard InChI is InChI=1S/C13H12N2OS/c14-13(16)12(10-6-2-1-3-7-10)17-11-8-4-5-9-15-11/h1-9,12H,(H2,14,16)/t12-/m1/s1. The third kappa shape index (κ3) is 3.07. The highest BCUT2D eigenvalue weighted by atomic mass is 32.2. The Balaban J connectivity index is 2.23. The predicted octanol–water partition coefficient (Wildman–Crippen LogP) is 2.40. The van der Waals surface area contributed by atoms with E-state index in [1.54, 1.807) is 6.20 Å². The number of carbonyl (C=O) groups is 1. The van der Waals surface area contributed by atoms with Crippen LogP contribution in [-0.4, -0.2) is 10.9 Å². The van der Waals surface area contributed by atoms with Crippen molar-refractivity contribution in [3.05, 3.63) is 60.3 Å². The highest BCUT2D eigenvalue weighted by molar-refractivity contribution is 8.00. The molecule has 0 aliphatic heterocycles. The third-order valence-electron chi connectivity index (χ3n) is 2.24. The Bertz CT molecular complexity index is 487. The number of nitrogens with two attached hydrogens (primary N) is 1. The van der Waals surface area contributed by atoms with Gasteiger partial charge in [-0.2, -0.15) is 0 Å². The Labute approximate surface area is 104 Å². The SMILES string of the molecule is NC(=O)[C@H](Sc1ccccn1)c1ccccc1. The van der Waals surface area contributed by atoms with Gasteiger partial charge in [0.25, 0.3) is 0 Å². The molecule has 1 amide bonds. The maximum Gasteiger partial charge on any atom is 0.235 e. The van der Waals surface area contributed by atoms with E-state index < -0.39 is 5.25 Å². The van der Waals surface area contributed by atoms with E-state index in [4.69, 9.17) is 5.73 Å². The molecule has 1 heterocycles. The van der Waals surface area contributed by atoms with Gasteiger partial charge >= 0.3 is 0 Å². The molecule has 1 aromatic carbocycles. The third-order valence-corrected chi connectivity index (χ3v) is 3.46. The van der Waals surface area contributed by atoms with Crippen LogP contribution in [0.1, 0.15) is 10.8 Å². The van der Waals surface area contributed by atoms with E-state index in [0.29, 0.717) is 0 Å². The fourth-order valence-corrected chi connectivity index (χ4v) is 2.39. The molecular weight excluding hydrogens is 232 g/mol. The molecule has 86 valence electrons. The van der Waals surface area contributed by atoms with Crippen molar-refractivity contribution in [2.24, 2.45) is 5.73 Å². The Hall–Kier alpha value is -1.81. The van der Waals surface area contributed by atoms with Gasteiger partial charge in [0, 0.05) is 6.20 Å². The van der Waals surface area contributed by atoms with Crippen LogP contribution in [-0.2, 0) is 4.79 Å². The Morgan fingerprint density at radius 2 is 1.82 bits per heavy atom. The summed E-state index contributed by atoms with van der Waals surface area (Å²) in [5, 5.41) is 0.395. The minimum atomic E-state index is -0.397. The van der Waals surface area contributed by atoms with E-state index in [2.05, 4.69) is 4.98 Å². The largest absolute Gasteiger partial charge is 0.368 e. The van der Waals surface area contributed by atoms with Gasteiger partial charge in [-0.15, -0.1) is 0 Å². The van der Waals surface area contributed by atoms with Crippen LogP contribution >= 0.6 is 11.8 Å². The fraction of sp³-hybridized carbons (Fsp3) is 0.0769. The number of hydrogen-bond donors (Lipinski definition) is 1. The molecule has 2 rings (SSSR count). The topological polar surface area (TPSA) is 56.0 Å². The average molecular weight is 244 g/mol. The van der Waals surface area contributed by atoms with E-state index in [1.807, 2.05) is 48.5 Å². The van der Waals surface area contributed by atoms with Crippen molar-refractivity contribution in [1.82, 2.24) is 4.98 Å². The van der Waals surface area contributed by atoms with E-state index in [-0.39, 0.29) is 5.91 Å². The number of thioether (sulfide) groups is 1. The summed E-state index contributed by atoms with van der Waals surface area (Å²) in [6.07, 6.45) is 1.70. The first kappa shape index (κ1) is 11.7. The summed E-state index contributed by atoms with van der Waals surface area (Å²) >= 11 is 1.36. The molecule has 2 aromatic rings. The van der Waals surface area contributed by atoms with Gasteiger partial charge in [-0.25, -0.2) is 4.98 Å². The van der Waals surface area contributed by atoms with Crippen LogP contribution in [0.4, 0.5) is 0 Å². The zero-order valence-electron chi connectivity index (χ0n) is 9.11.